The number of carbonyl (C=O) groups excluding carboxylic acids is 1. The lowest BCUT2D eigenvalue weighted by Crippen LogP contribution is -2.38. The van der Waals surface area contributed by atoms with Crippen molar-refractivity contribution >= 4 is 17.3 Å². The lowest BCUT2D eigenvalue weighted by molar-refractivity contribution is 0.0649. The average molecular weight is 516 g/mol. The van der Waals surface area contributed by atoms with Crippen LogP contribution in [0.15, 0.2) is 42.9 Å². The van der Waals surface area contributed by atoms with Gasteiger partial charge in [-0.05, 0) is 63.3 Å². The molecule has 1 aliphatic carbocycles. The Bertz CT molecular complexity index is 1510. The molecule has 0 spiro atoms. The second-order valence-electron chi connectivity index (χ2n) is 10.3. The van der Waals surface area contributed by atoms with Crippen molar-refractivity contribution in [2.24, 2.45) is 11.7 Å². The molecule has 0 unspecified atom stereocenters. The zero-order chi connectivity index (χ0) is 26.9. The Morgan fingerprint density at radius 2 is 2.11 bits per heavy atom. The van der Waals surface area contributed by atoms with Crippen LogP contribution in [0.4, 0.5) is 10.5 Å². The minimum atomic E-state index is -0.803. The average Bonchev–Trinajstić information content (AvgIpc) is 3.50. The summed E-state index contributed by atoms with van der Waals surface area (Å²) in [5, 5.41) is 35.8. The molecule has 196 valence electrons. The topological polar surface area (TPSA) is 169 Å². The molecule has 4 aromatic heterocycles. The third kappa shape index (κ3) is 5.57. The highest BCUT2D eigenvalue weighted by Gasteiger charge is 2.31. The van der Waals surface area contributed by atoms with Crippen LogP contribution in [0.1, 0.15) is 38.7 Å². The third-order valence-corrected chi connectivity index (χ3v) is 6.62. The van der Waals surface area contributed by atoms with Gasteiger partial charge in [-0.2, -0.15) is 10.4 Å². The van der Waals surface area contributed by atoms with Crippen LogP contribution in [0.2, 0.25) is 0 Å². The molecule has 1 fully saturated rings. The second-order valence-corrected chi connectivity index (χ2v) is 10.3. The number of nitrogens with zero attached hydrogens (tertiary/aromatic N) is 7. The van der Waals surface area contributed by atoms with Crippen LogP contribution in [-0.4, -0.2) is 59.0 Å². The summed E-state index contributed by atoms with van der Waals surface area (Å²) in [5.41, 5.74) is 9.36. The number of aliphatic hydroxyl groups is 1. The number of ether oxygens (including phenoxy) is 1. The monoisotopic (exact) mass is 515 g/mol. The van der Waals surface area contributed by atoms with Crippen molar-refractivity contribution in [2.75, 3.05) is 11.9 Å². The summed E-state index contributed by atoms with van der Waals surface area (Å²) < 4.78 is 8.41. The normalized spacial score (nSPS) is 17.1. The largest absolute Gasteiger partial charge is 0.449 e. The first-order chi connectivity index (χ1) is 18.2. The maximum Gasteiger partial charge on any atom is 0.404 e. The number of aromatic nitrogens is 6. The van der Waals surface area contributed by atoms with Crippen molar-refractivity contribution in [3.05, 3.63) is 48.4 Å². The highest BCUT2D eigenvalue weighted by atomic mass is 16.5. The summed E-state index contributed by atoms with van der Waals surface area (Å²) >= 11 is 0. The molecule has 0 atom stereocenters. The molecule has 0 aromatic carbocycles. The number of pyridine rings is 1. The van der Waals surface area contributed by atoms with Crippen LogP contribution < -0.4 is 11.1 Å². The van der Waals surface area contributed by atoms with Crippen molar-refractivity contribution < 1.29 is 14.6 Å². The quantitative estimate of drug-likeness (QED) is 0.303. The number of nitrogens with one attached hydrogen (secondary N) is 1. The van der Waals surface area contributed by atoms with Gasteiger partial charge in [-0.3, -0.25) is 9.67 Å². The van der Waals surface area contributed by atoms with Gasteiger partial charge < -0.3 is 20.9 Å². The number of anilines is 1. The van der Waals surface area contributed by atoms with E-state index in [1.165, 1.54) is 6.20 Å². The van der Waals surface area contributed by atoms with Gasteiger partial charge in [0.15, 0.2) is 0 Å². The smallest absolute Gasteiger partial charge is 0.404 e. The number of hydrogen-bond donors (Lipinski definition) is 3. The van der Waals surface area contributed by atoms with Crippen molar-refractivity contribution in [3.8, 4) is 28.7 Å². The van der Waals surface area contributed by atoms with E-state index in [4.69, 9.17) is 15.5 Å². The minimum absolute atomic E-state index is 0.177. The van der Waals surface area contributed by atoms with Crippen LogP contribution >= 0.6 is 0 Å². The molecule has 1 amide bonds. The highest BCUT2D eigenvalue weighted by molar-refractivity contribution is 5.79. The Kier molecular flexibility index (Phi) is 6.69. The fraction of sp³-hybridized carbons (Fsp3) is 0.385. The zero-order valence-corrected chi connectivity index (χ0v) is 21.2. The van der Waals surface area contributed by atoms with Gasteiger partial charge in [-0.1, -0.05) is 5.21 Å². The summed E-state index contributed by atoms with van der Waals surface area (Å²) in [7, 11) is 0. The SMILES string of the molecule is CC(C)(O)CCn1cc(-c2cnc(-c3ccc4cc(C#N)cnn34)cc2N[C@H]2C[C@H](COC(N)=O)C2)nn1. The fourth-order valence-electron chi connectivity index (χ4n) is 4.50. The second kappa shape index (κ2) is 10.1. The molecule has 1 aliphatic rings. The molecular weight excluding hydrogens is 486 g/mol. The standard InChI is InChI=1S/C26H29N9O3/c1-26(2,37)5-6-34-14-23(32-33-34)20-13-29-22(24-4-3-19-9-17(11-27)12-30-35(19)24)10-21(20)31-18-7-16(8-18)15-38-25(28)36/h3-4,9-10,12-14,16,18,37H,5-8,15H2,1-2H3,(H2,28,36)(H,29,31)/t16-,18-. The molecule has 4 N–H and O–H groups in total. The fourth-order valence-corrected chi connectivity index (χ4v) is 4.50. The molecule has 5 rings (SSSR count). The maximum absolute atomic E-state index is 10.9. The molecule has 4 aromatic rings. The number of amides is 1. The lowest BCUT2D eigenvalue weighted by atomic mass is 9.80. The summed E-state index contributed by atoms with van der Waals surface area (Å²) in [6.07, 6.45) is 6.57. The Labute approximate surface area is 219 Å². The highest BCUT2D eigenvalue weighted by Crippen LogP contribution is 2.35. The van der Waals surface area contributed by atoms with Crippen molar-refractivity contribution in [1.82, 2.24) is 29.6 Å². The van der Waals surface area contributed by atoms with Crippen LogP contribution in [-0.2, 0) is 11.3 Å². The predicted octanol–water partition coefficient (Wildman–Crippen LogP) is 2.97. The summed E-state index contributed by atoms with van der Waals surface area (Å²) in [6, 6.07) is 9.84. The van der Waals surface area contributed by atoms with Gasteiger partial charge in [0.2, 0.25) is 0 Å². The molecule has 1 saturated carbocycles. The van der Waals surface area contributed by atoms with E-state index < -0.39 is 11.7 Å². The molecular formula is C26H29N9O3. The van der Waals surface area contributed by atoms with E-state index in [1.807, 2.05) is 24.4 Å². The van der Waals surface area contributed by atoms with Gasteiger partial charge in [0.05, 0.1) is 47.1 Å². The van der Waals surface area contributed by atoms with Crippen LogP contribution in [0.5, 0.6) is 0 Å². The first-order valence-electron chi connectivity index (χ1n) is 12.4. The van der Waals surface area contributed by atoms with Crippen LogP contribution in [0, 0.1) is 17.2 Å². The van der Waals surface area contributed by atoms with E-state index in [1.54, 1.807) is 35.3 Å². The third-order valence-electron chi connectivity index (χ3n) is 6.62. The molecule has 0 bridgehead atoms. The molecule has 4 heterocycles. The first kappa shape index (κ1) is 25.2. The molecule has 12 heteroatoms. The summed E-state index contributed by atoms with van der Waals surface area (Å²) in [5.74, 6) is 0.251. The molecule has 0 saturated heterocycles. The van der Waals surface area contributed by atoms with Crippen molar-refractivity contribution in [1.29, 1.82) is 5.26 Å². The van der Waals surface area contributed by atoms with E-state index in [0.29, 0.717) is 36.5 Å². The number of fused-ring (bicyclic) bond motifs is 1. The maximum atomic E-state index is 10.9. The first-order valence-corrected chi connectivity index (χ1v) is 12.4. The zero-order valence-electron chi connectivity index (χ0n) is 21.2. The molecule has 38 heavy (non-hydrogen) atoms. The van der Waals surface area contributed by atoms with Gasteiger partial charge in [0, 0.05) is 30.0 Å². The van der Waals surface area contributed by atoms with Gasteiger partial charge in [0.1, 0.15) is 11.8 Å². The number of primary amides is 1. The number of nitriles is 1. The van der Waals surface area contributed by atoms with E-state index in [-0.39, 0.29) is 12.0 Å². The summed E-state index contributed by atoms with van der Waals surface area (Å²) in [6.45, 7) is 4.36. The minimum Gasteiger partial charge on any atom is -0.449 e. The van der Waals surface area contributed by atoms with E-state index >= 15 is 0 Å². The van der Waals surface area contributed by atoms with Gasteiger partial charge in [-0.15, -0.1) is 5.10 Å². The van der Waals surface area contributed by atoms with Gasteiger partial charge in [-0.25, -0.2) is 9.31 Å². The summed E-state index contributed by atoms with van der Waals surface area (Å²) in [4.78, 5) is 15.6. The van der Waals surface area contributed by atoms with Crippen LogP contribution in [0.25, 0.3) is 28.2 Å². The number of rotatable bonds is 9. The lowest BCUT2D eigenvalue weighted by Gasteiger charge is -2.36. The van der Waals surface area contributed by atoms with Crippen LogP contribution in [0.3, 0.4) is 0 Å². The number of carbonyl (C=O) groups is 1. The van der Waals surface area contributed by atoms with E-state index in [0.717, 1.165) is 35.3 Å². The number of hydrogen-bond acceptors (Lipinski definition) is 9. The molecule has 0 radical (unpaired) electrons. The van der Waals surface area contributed by atoms with E-state index in [2.05, 4.69) is 26.8 Å². The van der Waals surface area contributed by atoms with Crippen molar-refractivity contribution in [3.63, 3.8) is 0 Å². The van der Waals surface area contributed by atoms with Gasteiger partial charge >= 0.3 is 6.09 Å². The Hall–Kier alpha value is -4.50. The number of aryl methyl sites for hydroxylation is 1. The van der Waals surface area contributed by atoms with E-state index in [9.17, 15) is 15.2 Å². The molecule has 12 nitrogen and oxygen atoms in total. The Balaban J connectivity index is 1.43. The molecule has 0 aliphatic heterocycles. The Morgan fingerprint density at radius 3 is 2.84 bits per heavy atom. The predicted molar refractivity (Wildman–Crippen MR) is 139 cm³/mol. The number of nitrogens with two attached hydrogens (primary N) is 1. The Morgan fingerprint density at radius 1 is 1.29 bits per heavy atom. The van der Waals surface area contributed by atoms with Crippen molar-refractivity contribution in [2.45, 2.75) is 51.3 Å². The van der Waals surface area contributed by atoms with Gasteiger partial charge in [0.25, 0.3) is 0 Å².